The van der Waals surface area contributed by atoms with Crippen molar-refractivity contribution >= 4 is 5.76 Å². The van der Waals surface area contributed by atoms with Crippen LogP contribution in [0.5, 0.6) is 0 Å². The van der Waals surface area contributed by atoms with E-state index in [1.54, 1.807) is 6.07 Å². The molecular formula is C15H22FNO. The maximum absolute atomic E-state index is 13.8. The third-order valence-electron chi connectivity index (χ3n) is 3.00. The van der Waals surface area contributed by atoms with Crippen LogP contribution in [0.1, 0.15) is 30.4 Å². The van der Waals surface area contributed by atoms with Gasteiger partial charge in [0.2, 0.25) is 0 Å². The van der Waals surface area contributed by atoms with Gasteiger partial charge in [0.15, 0.2) is 0 Å². The highest BCUT2D eigenvalue weighted by Gasteiger charge is 2.11. The van der Waals surface area contributed by atoms with E-state index in [4.69, 9.17) is 4.74 Å². The SMILES string of the molecule is C=C(OC)c1c(F)cccc1CCCCCNC. The second kappa shape index (κ2) is 7.88. The first-order chi connectivity index (χ1) is 8.70. The molecule has 0 saturated carbocycles. The zero-order chi connectivity index (χ0) is 13.4. The van der Waals surface area contributed by atoms with E-state index < -0.39 is 0 Å². The van der Waals surface area contributed by atoms with Gasteiger partial charge in [-0.05, 0) is 44.5 Å². The Labute approximate surface area is 109 Å². The standard InChI is InChI=1S/C15H22FNO/c1-12(18-3)15-13(9-7-10-14(15)16)8-5-4-6-11-17-2/h7,9-10,17H,1,4-6,8,11H2,2-3H3. The van der Waals surface area contributed by atoms with Gasteiger partial charge in [0.1, 0.15) is 11.6 Å². The van der Waals surface area contributed by atoms with Gasteiger partial charge >= 0.3 is 0 Å². The first kappa shape index (κ1) is 14.7. The molecule has 1 rings (SSSR count). The van der Waals surface area contributed by atoms with Gasteiger partial charge in [0.05, 0.1) is 12.7 Å². The molecule has 0 unspecified atom stereocenters. The fourth-order valence-electron chi connectivity index (χ4n) is 1.99. The van der Waals surface area contributed by atoms with Crippen LogP contribution >= 0.6 is 0 Å². The van der Waals surface area contributed by atoms with E-state index in [2.05, 4.69) is 11.9 Å². The fraction of sp³-hybridized carbons (Fsp3) is 0.467. The number of methoxy groups -OCH3 is 1. The summed E-state index contributed by atoms with van der Waals surface area (Å²) in [7, 11) is 3.47. The van der Waals surface area contributed by atoms with Crippen LogP contribution in [0.2, 0.25) is 0 Å². The molecule has 0 aliphatic heterocycles. The van der Waals surface area contributed by atoms with Crippen molar-refractivity contribution in [1.29, 1.82) is 0 Å². The Morgan fingerprint density at radius 1 is 1.33 bits per heavy atom. The minimum Gasteiger partial charge on any atom is -0.497 e. The first-order valence-corrected chi connectivity index (χ1v) is 6.36. The van der Waals surface area contributed by atoms with Crippen molar-refractivity contribution in [3.8, 4) is 0 Å². The zero-order valence-corrected chi connectivity index (χ0v) is 11.3. The lowest BCUT2D eigenvalue weighted by molar-refractivity contribution is 0.368. The zero-order valence-electron chi connectivity index (χ0n) is 11.3. The van der Waals surface area contributed by atoms with Crippen molar-refractivity contribution in [3.63, 3.8) is 0 Å². The minimum absolute atomic E-state index is 0.255. The third kappa shape index (κ3) is 4.15. The van der Waals surface area contributed by atoms with Crippen LogP contribution in [0.15, 0.2) is 24.8 Å². The van der Waals surface area contributed by atoms with Crippen LogP contribution in [0.3, 0.4) is 0 Å². The van der Waals surface area contributed by atoms with Crippen molar-refractivity contribution in [2.24, 2.45) is 0 Å². The van der Waals surface area contributed by atoms with E-state index in [1.807, 2.05) is 13.1 Å². The van der Waals surface area contributed by atoms with Crippen LogP contribution in [0.25, 0.3) is 5.76 Å². The van der Waals surface area contributed by atoms with E-state index in [0.29, 0.717) is 11.3 Å². The molecule has 0 bridgehead atoms. The Hall–Kier alpha value is -1.35. The first-order valence-electron chi connectivity index (χ1n) is 6.36. The van der Waals surface area contributed by atoms with E-state index in [9.17, 15) is 4.39 Å². The number of unbranched alkanes of at least 4 members (excludes halogenated alkanes) is 2. The summed E-state index contributed by atoms with van der Waals surface area (Å²) in [4.78, 5) is 0. The van der Waals surface area contributed by atoms with Gasteiger partial charge in [-0.1, -0.05) is 25.1 Å². The van der Waals surface area contributed by atoms with Crippen LogP contribution < -0.4 is 5.32 Å². The number of hydrogen-bond donors (Lipinski definition) is 1. The normalized spacial score (nSPS) is 10.4. The fourth-order valence-corrected chi connectivity index (χ4v) is 1.99. The summed E-state index contributed by atoms with van der Waals surface area (Å²) in [5, 5.41) is 3.12. The molecule has 18 heavy (non-hydrogen) atoms. The molecule has 0 aliphatic rings. The summed E-state index contributed by atoms with van der Waals surface area (Å²) < 4.78 is 18.8. The van der Waals surface area contributed by atoms with Gasteiger partial charge in [0.25, 0.3) is 0 Å². The van der Waals surface area contributed by atoms with Crippen LogP contribution in [0, 0.1) is 5.82 Å². The molecular weight excluding hydrogens is 229 g/mol. The Morgan fingerprint density at radius 2 is 2.11 bits per heavy atom. The molecule has 3 heteroatoms. The molecule has 1 aromatic rings. The van der Waals surface area contributed by atoms with Gasteiger partial charge in [-0.3, -0.25) is 0 Å². The molecule has 0 amide bonds. The lowest BCUT2D eigenvalue weighted by Gasteiger charge is -2.12. The molecule has 2 nitrogen and oxygen atoms in total. The molecule has 100 valence electrons. The minimum atomic E-state index is -0.255. The second-order valence-corrected chi connectivity index (χ2v) is 4.32. The predicted octanol–water partition coefficient (Wildman–Crippen LogP) is 3.38. The van der Waals surface area contributed by atoms with E-state index in [-0.39, 0.29) is 5.82 Å². The topological polar surface area (TPSA) is 21.3 Å². The monoisotopic (exact) mass is 251 g/mol. The van der Waals surface area contributed by atoms with Crippen LogP contribution in [0.4, 0.5) is 4.39 Å². The predicted molar refractivity (Wildman–Crippen MR) is 73.9 cm³/mol. The van der Waals surface area contributed by atoms with Crippen molar-refractivity contribution in [2.75, 3.05) is 20.7 Å². The average Bonchev–Trinajstić information content (AvgIpc) is 2.38. The van der Waals surface area contributed by atoms with Crippen molar-refractivity contribution in [1.82, 2.24) is 5.32 Å². The lowest BCUT2D eigenvalue weighted by Crippen LogP contribution is -2.07. The smallest absolute Gasteiger partial charge is 0.134 e. The molecule has 0 atom stereocenters. The maximum Gasteiger partial charge on any atom is 0.134 e. The largest absolute Gasteiger partial charge is 0.497 e. The number of benzene rings is 1. The quantitative estimate of drug-likeness (QED) is 0.565. The van der Waals surface area contributed by atoms with Gasteiger partial charge in [-0.2, -0.15) is 0 Å². The Morgan fingerprint density at radius 3 is 2.78 bits per heavy atom. The number of rotatable bonds is 8. The van der Waals surface area contributed by atoms with E-state index in [1.165, 1.54) is 13.2 Å². The number of ether oxygens (including phenoxy) is 1. The molecule has 0 spiro atoms. The van der Waals surface area contributed by atoms with Crippen LogP contribution in [-0.4, -0.2) is 20.7 Å². The number of nitrogens with one attached hydrogen (secondary N) is 1. The molecule has 1 N–H and O–H groups in total. The average molecular weight is 251 g/mol. The van der Waals surface area contributed by atoms with Crippen molar-refractivity contribution in [2.45, 2.75) is 25.7 Å². The maximum atomic E-state index is 13.8. The Balaban J connectivity index is 2.64. The van der Waals surface area contributed by atoms with Gasteiger partial charge in [-0.15, -0.1) is 0 Å². The van der Waals surface area contributed by atoms with E-state index >= 15 is 0 Å². The summed E-state index contributed by atoms with van der Waals surface area (Å²) in [6.45, 7) is 4.78. The second-order valence-electron chi connectivity index (χ2n) is 4.32. The highest BCUT2D eigenvalue weighted by molar-refractivity contribution is 5.61. The Kier molecular flexibility index (Phi) is 6.44. The highest BCUT2D eigenvalue weighted by Crippen LogP contribution is 2.23. The molecule has 0 saturated heterocycles. The summed E-state index contributed by atoms with van der Waals surface area (Å²) >= 11 is 0. The Bertz CT molecular complexity index is 390. The number of aryl methyl sites for hydroxylation is 1. The summed E-state index contributed by atoms with van der Waals surface area (Å²) in [6, 6.07) is 5.13. The van der Waals surface area contributed by atoms with Gasteiger partial charge < -0.3 is 10.1 Å². The summed E-state index contributed by atoms with van der Waals surface area (Å²) in [6.07, 6.45) is 4.19. The molecule has 0 fully saturated rings. The van der Waals surface area contributed by atoms with Gasteiger partial charge in [-0.25, -0.2) is 4.39 Å². The molecule has 0 radical (unpaired) electrons. The lowest BCUT2D eigenvalue weighted by atomic mass is 9.99. The summed E-state index contributed by atoms with van der Waals surface area (Å²) in [5.74, 6) is 0.146. The summed E-state index contributed by atoms with van der Waals surface area (Å²) in [5.41, 5.74) is 1.50. The number of halogens is 1. The van der Waals surface area contributed by atoms with Gasteiger partial charge in [0, 0.05) is 0 Å². The molecule has 1 aromatic carbocycles. The van der Waals surface area contributed by atoms with E-state index in [0.717, 1.165) is 37.8 Å². The number of hydrogen-bond acceptors (Lipinski definition) is 2. The molecule has 0 aromatic heterocycles. The highest BCUT2D eigenvalue weighted by atomic mass is 19.1. The van der Waals surface area contributed by atoms with Crippen LogP contribution in [-0.2, 0) is 11.2 Å². The third-order valence-corrected chi connectivity index (χ3v) is 3.00. The molecule has 0 heterocycles. The van der Waals surface area contributed by atoms with Crippen molar-refractivity contribution in [3.05, 3.63) is 41.7 Å². The van der Waals surface area contributed by atoms with Crippen molar-refractivity contribution < 1.29 is 9.13 Å². The molecule has 0 aliphatic carbocycles.